The molecule has 0 saturated carbocycles. The van der Waals surface area contributed by atoms with Gasteiger partial charge in [-0.25, -0.2) is 23.1 Å². The first-order chi connectivity index (χ1) is 31.8. The van der Waals surface area contributed by atoms with Crippen LogP contribution in [0.5, 0.6) is 17.2 Å². The number of methoxy groups -OCH3 is 3. The molecule has 2 heterocycles. The summed E-state index contributed by atoms with van der Waals surface area (Å²) in [5.74, 6) is -1.10. The Morgan fingerprint density at radius 1 is 0.731 bits per heavy atom. The summed E-state index contributed by atoms with van der Waals surface area (Å²) < 4.78 is 61.5. The first-order valence-corrected chi connectivity index (χ1v) is 22.2. The number of carbonyl (C=O) groups is 3. The van der Waals surface area contributed by atoms with Gasteiger partial charge in [0.15, 0.2) is 5.78 Å². The van der Waals surface area contributed by atoms with E-state index in [9.17, 15) is 37.1 Å². The van der Waals surface area contributed by atoms with Crippen molar-refractivity contribution in [3.05, 3.63) is 167 Å². The number of Topliss-reactive ketones (excluding diaryl/α,β-unsaturated/α-hetero) is 3. The van der Waals surface area contributed by atoms with Gasteiger partial charge in [-0.2, -0.15) is 0 Å². The number of ether oxygens (including phenoxy) is 3. The van der Waals surface area contributed by atoms with Crippen molar-refractivity contribution in [2.45, 2.75) is 38.1 Å². The summed E-state index contributed by atoms with van der Waals surface area (Å²) in [6, 6.07) is 22.5. The second-order valence-electron chi connectivity index (χ2n) is 13.6. The number of benzene rings is 5. The molecular formula is C46H41BBr3F3N5O8S. The third-order valence-electron chi connectivity index (χ3n) is 9.08. The molecule has 2 aromatic heterocycles. The number of thiol groups is 1. The fraction of sp³-hybridized carbons (Fsp3) is 0.196. The zero-order valence-corrected chi connectivity index (χ0v) is 42.2. The van der Waals surface area contributed by atoms with Gasteiger partial charge in [0.25, 0.3) is 11.1 Å². The molecule has 0 aliphatic carbocycles. The molecule has 67 heavy (non-hydrogen) atoms. The van der Waals surface area contributed by atoms with E-state index >= 15 is 0 Å². The zero-order chi connectivity index (χ0) is 50.0. The van der Waals surface area contributed by atoms with E-state index in [0.29, 0.717) is 43.3 Å². The molecule has 2 unspecified atom stereocenters. The minimum absolute atomic E-state index is 0.00995. The molecule has 5 aromatic carbocycles. The van der Waals surface area contributed by atoms with E-state index in [4.69, 9.17) is 14.2 Å². The van der Waals surface area contributed by atoms with Gasteiger partial charge in [0.05, 0.1) is 66.9 Å². The summed E-state index contributed by atoms with van der Waals surface area (Å²) >= 11 is 12.9. The Bertz CT molecular complexity index is 3000. The van der Waals surface area contributed by atoms with Gasteiger partial charge in [-0.05, 0) is 93.6 Å². The second-order valence-corrected chi connectivity index (χ2v) is 16.6. The number of H-pyrrole nitrogens is 1. The van der Waals surface area contributed by atoms with E-state index in [-0.39, 0.29) is 40.4 Å². The van der Waals surface area contributed by atoms with Gasteiger partial charge >= 0.3 is 24.8 Å². The van der Waals surface area contributed by atoms with E-state index in [1.54, 1.807) is 54.6 Å². The van der Waals surface area contributed by atoms with Crippen molar-refractivity contribution in [2.24, 2.45) is 4.30 Å². The zero-order valence-electron chi connectivity index (χ0n) is 36.5. The Morgan fingerprint density at radius 2 is 1.21 bits per heavy atom. The predicted molar refractivity (Wildman–Crippen MR) is 265 cm³/mol. The maximum absolute atomic E-state index is 14.5. The molecule has 13 nitrogen and oxygen atoms in total. The van der Waals surface area contributed by atoms with Gasteiger partial charge in [0, 0.05) is 20.9 Å². The molecule has 1 N–H and O–H groups in total. The molecule has 0 saturated heterocycles. The summed E-state index contributed by atoms with van der Waals surface area (Å²) in [4.78, 5) is 68.4. The topological polar surface area (TPSA) is 172 Å². The van der Waals surface area contributed by atoms with Crippen LogP contribution in [0.1, 0.15) is 48.3 Å². The van der Waals surface area contributed by atoms with Crippen LogP contribution in [-0.4, -0.2) is 65.8 Å². The number of hydrogen-bond donors (Lipinski definition) is 2. The van der Waals surface area contributed by atoms with Gasteiger partial charge in [0.1, 0.15) is 57.1 Å². The average molecular weight is 1130 g/mol. The van der Waals surface area contributed by atoms with Crippen LogP contribution in [-0.2, 0) is 20.8 Å². The third-order valence-corrected chi connectivity index (χ3v) is 11.2. The van der Waals surface area contributed by atoms with Crippen LogP contribution in [0.4, 0.5) is 13.2 Å². The number of fused-ring (bicyclic) bond motifs is 2. The Morgan fingerprint density at radius 3 is 1.72 bits per heavy atom. The Kier molecular flexibility index (Phi) is 22.5. The van der Waals surface area contributed by atoms with E-state index in [0.717, 1.165) is 9.04 Å². The van der Waals surface area contributed by atoms with Gasteiger partial charge in [-0.15, -0.1) is 0 Å². The quantitative estimate of drug-likeness (QED) is 0.0763. The van der Waals surface area contributed by atoms with Gasteiger partial charge in [0.2, 0.25) is 0 Å². The summed E-state index contributed by atoms with van der Waals surface area (Å²) in [6.45, 7) is 4.12. The van der Waals surface area contributed by atoms with Gasteiger partial charge in [-0.1, -0.05) is 66.0 Å². The molecule has 0 bridgehead atoms. The van der Waals surface area contributed by atoms with Gasteiger partial charge in [-0.3, -0.25) is 28.5 Å². The van der Waals surface area contributed by atoms with E-state index in [1.165, 1.54) is 85.1 Å². The van der Waals surface area contributed by atoms with Crippen molar-refractivity contribution in [2.75, 3.05) is 21.3 Å². The van der Waals surface area contributed by atoms with Gasteiger partial charge < -0.3 is 19.2 Å². The van der Waals surface area contributed by atoms with Crippen molar-refractivity contribution in [3.63, 3.8) is 0 Å². The van der Waals surface area contributed by atoms with Crippen molar-refractivity contribution in [3.8, 4) is 17.2 Å². The van der Waals surface area contributed by atoms with Crippen molar-refractivity contribution >= 4 is 107 Å². The van der Waals surface area contributed by atoms with Crippen LogP contribution in [0.15, 0.2) is 126 Å². The third kappa shape index (κ3) is 15.4. The van der Waals surface area contributed by atoms with Crippen molar-refractivity contribution < 1.29 is 41.8 Å². The fourth-order valence-electron chi connectivity index (χ4n) is 6.13. The number of rotatable bonds is 10. The number of alkyl halides is 1. The van der Waals surface area contributed by atoms with Crippen LogP contribution in [0.3, 0.4) is 0 Å². The Hall–Kier alpha value is -5.77. The Labute approximate surface area is 414 Å². The molecule has 2 atom stereocenters. The number of aromatic amines is 1. The summed E-state index contributed by atoms with van der Waals surface area (Å²) in [5, 5.41) is 0.935. The van der Waals surface area contributed by atoms with Crippen LogP contribution in [0, 0.1) is 17.5 Å². The summed E-state index contributed by atoms with van der Waals surface area (Å²) in [6.07, 6.45) is 2.74. The number of ketones is 3. The first kappa shape index (κ1) is 55.6. The normalized spacial score (nSPS) is 11.0. The number of hydrogen-bond acceptors (Lipinski definition) is 12. The van der Waals surface area contributed by atoms with Crippen LogP contribution in [0.25, 0.3) is 21.8 Å². The number of nitrogens with zero attached hydrogens (tertiary/aromatic N) is 4. The molecule has 0 amide bonds. The standard InChI is InChI=1S/C18H14BrFN2O3.C10H10BrFO2.C10H11FO2.C8H5BrN2O.BHNS/c1-10(23)17(16-13(20)4-3-5-15(16)25-2)22-9-21-14-7-6-11(19)8-12(14)18(22)24;1-6(13)10(11)9-7(12)4-3-5-8(9)14-2;1-7(12)6-8-9(11)4-3-5-10(8)13-2;9-5-1-2-7-6(3-5)8(12)11-4-10-7;1-2-3/h3-9,17H,1-2H3;3-5,10H,1-2H3;3-5H,6H2,1-2H3;1-4H,(H,10,11,12);3H. The molecule has 1 radical (unpaired) electrons. The molecule has 0 aliphatic rings. The number of halogens is 6. The summed E-state index contributed by atoms with van der Waals surface area (Å²) in [5.41, 5.74) is 1.25. The minimum atomic E-state index is -1.17. The Balaban J connectivity index is 0.000000244. The van der Waals surface area contributed by atoms with Crippen molar-refractivity contribution in [1.29, 1.82) is 0 Å². The first-order valence-electron chi connectivity index (χ1n) is 19.3. The molecular weight excluding hydrogens is 1090 g/mol. The second kappa shape index (κ2) is 27.1. The molecule has 349 valence electrons. The average Bonchev–Trinajstić information content (AvgIpc) is 3.29. The SMILES string of the molecule is COc1cccc(F)c1C(Br)C(C)=O.COc1cccc(F)c1C(C(C)=O)n1cnc2ccc(Br)cc2c1=O.COc1cccc(F)c1CC(C)=O.O=c1[nH]cnc2ccc(Br)cc12.[B]=NS. The number of carbonyl (C=O) groups excluding carboxylic acids is 3. The monoisotopic (exact) mass is 1130 g/mol. The van der Waals surface area contributed by atoms with Crippen LogP contribution in [0.2, 0.25) is 0 Å². The molecule has 0 spiro atoms. The molecule has 7 aromatic rings. The van der Waals surface area contributed by atoms with Crippen molar-refractivity contribution in [1.82, 2.24) is 19.5 Å². The summed E-state index contributed by atoms with van der Waals surface area (Å²) in [7, 11) is 8.62. The molecule has 7 rings (SSSR count). The van der Waals surface area contributed by atoms with Crippen LogP contribution >= 0.6 is 60.6 Å². The molecule has 0 aliphatic heterocycles. The van der Waals surface area contributed by atoms with E-state index in [2.05, 4.69) is 87.5 Å². The number of aromatic nitrogens is 4. The van der Waals surface area contributed by atoms with Crippen LogP contribution < -0.4 is 25.3 Å². The fourth-order valence-corrected chi connectivity index (χ4v) is 7.29. The number of nitrogens with one attached hydrogen (secondary N) is 1. The van der Waals surface area contributed by atoms with E-state index in [1.807, 2.05) is 6.07 Å². The maximum atomic E-state index is 14.5. The molecule has 0 fully saturated rings. The molecule has 21 heteroatoms. The predicted octanol–water partition coefficient (Wildman–Crippen LogP) is 10.2. The van der Waals surface area contributed by atoms with E-state index < -0.39 is 39.7 Å².